The summed E-state index contributed by atoms with van der Waals surface area (Å²) in [4.78, 5) is 32.1. The molecule has 2 aromatic carbocycles. The number of carboxylic acid groups (broad SMARTS) is 1. The molecule has 0 amide bonds. The monoisotopic (exact) mass is 543 g/mol. The van der Waals surface area contributed by atoms with E-state index in [2.05, 4.69) is 15.0 Å². The number of nitrogens with one attached hydrogen (secondary N) is 1. The van der Waals surface area contributed by atoms with E-state index in [-0.39, 0.29) is 50.4 Å². The third-order valence-electron chi connectivity index (χ3n) is 4.35. The minimum Gasteiger partial charge on any atom is -0.475 e. The summed E-state index contributed by atoms with van der Waals surface area (Å²) < 4.78 is 53.7. The molecule has 0 aliphatic carbocycles. The first-order chi connectivity index (χ1) is 16.9. The summed E-state index contributed by atoms with van der Waals surface area (Å²) in [6.07, 6.45) is -2.44. The average Bonchev–Trinajstić information content (AvgIpc) is 3.29. The first kappa shape index (κ1) is 26.5. The lowest BCUT2D eigenvalue weighted by Gasteiger charge is -2.13. The number of hydrogen-bond acceptors (Lipinski definition) is 6. The van der Waals surface area contributed by atoms with E-state index >= 15 is 4.39 Å². The van der Waals surface area contributed by atoms with Crippen LogP contribution < -0.4 is 10.3 Å². The number of carbonyl (C=O) groups is 1. The molecule has 2 N–H and O–H groups in total. The van der Waals surface area contributed by atoms with E-state index in [1.54, 1.807) is 0 Å². The Morgan fingerprint density at radius 3 is 2.56 bits per heavy atom. The summed E-state index contributed by atoms with van der Waals surface area (Å²) in [7, 11) is 0. The van der Waals surface area contributed by atoms with Gasteiger partial charge >= 0.3 is 12.1 Å². The number of aliphatic carboxylic acids is 1. The van der Waals surface area contributed by atoms with Crippen LogP contribution in [0.4, 0.5) is 17.6 Å². The van der Waals surface area contributed by atoms with Crippen molar-refractivity contribution in [2.45, 2.75) is 12.7 Å². The van der Waals surface area contributed by atoms with Gasteiger partial charge in [0.1, 0.15) is 12.1 Å². The molecular weight excluding hydrogens is 533 g/mol. The van der Waals surface area contributed by atoms with E-state index < -0.39 is 23.5 Å². The van der Waals surface area contributed by atoms with Crippen molar-refractivity contribution in [1.82, 2.24) is 19.5 Å². The Hall–Kier alpha value is -4.15. The van der Waals surface area contributed by atoms with Gasteiger partial charge in [-0.3, -0.25) is 9.36 Å². The van der Waals surface area contributed by atoms with Crippen molar-refractivity contribution in [1.29, 1.82) is 5.26 Å². The molecule has 186 valence electrons. The second kappa shape index (κ2) is 10.6. The molecule has 0 saturated carbocycles. The van der Waals surface area contributed by atoms with Crippen LogP contribution in [0.15, 0.2) is 47.8 Å². The van der Waals surface area contributed by atoms with Gasteiger partial charge in [-0.1, -0.05) is 29.3 Å². The maximum atomic E-state index is 15.1. The number of halogens is 6. The van der Waals surface area contributed by atoms with Gasteiger partial charge in [0.25, 0.3) is 5.56 Å². The number of rotatable bonds is 4. The second-order valence-corrected chi connectivity index (χ2v) is 7.66. The Morgan fingerprint density at radius 1 is 1.22 bits per heavy atom. The number of hydrogen-bond donors (Lipinski definition) is 2. The van der Waals surface area contributed by atoms with Crippen LogP contribution in [0.2, 0.25) is 10.0 Å². The summed E-state index contributed by atoms with van der Waals surface area (Å²) in [5.74, 6) is -3.58. The van der Waals surface area contributed by atoms with E-state index in [9.17, 15) is 18.0 Å². The third kappa shape index (κ3) is 6.09. The van der Waals surface area contributed by atoms with E-state index in [1.165, 1.54) is 47.6 Å². The molecule has 0 unspecified atom stereocenters. The largest absolute Gasteiger partial charge is 0.490 e. The smallest absolute Gasteiger partial charge is 0.475 e. The fraction of sp³-hybridized carbons (Fsp3) is 0.0952. The number of nitrogens with zero attached hydrogens (tertiary/aromatic N) is 4. The van der Waals surface area contributed by atoms with Gasteiger partial charge in [-0.05, 0) is 24.3 Å². The molecule has 4 rings (SSSR count). The van der Waals surface area contributed by atoms with E-state index in [0.29, 0.717) is 0 Å². The number of fused-ring (bicyclic) bond motifs is 1. The number of imidazole rings is 1. The highest BCUT2D eigenvalue weighted by Gasteiger charge is 2.38. The Kier molecular flexibility index (Phi) is 7.81. The number of nitriles is 1. The average molecular weight is 544 g/mol. The van der Waals surface area contributed by atoms with Crippen molar-refractivity contribution < 1.29 is 32.2 Å². The van der Waals surface area contributed by atoms with Gasteiger partial charge in [-0.15, -0.1) is 0 Å². The molecule has 0 aliphatic heterocycles. The molecule has 36 heavy (non-hydrogen) atoms. The zero-order chi connectivity index (χ0) is 26.6. The lowest BCUT2D eigenvalue weighted by atomic mass is 10.2. The number of H-pyrrole nitrogens is 1. The molecule has 4 aromatic rings. The standard InChI is InChI=1S/C19H10Cl2FN5O2.C2HF3O2/c20-12-3-10(6-23)4-13(5-12)29-17-14(21)2-1-11(15(17)22)7-27-9-26-18-16(19(27)28)24-8-25-18;3-2(4,5)1(6)7/h1-5,8-9H,7H2,(H,24,25);(H,6,7). The Labute approximate surface area is 208 Å². The number of ether oxygens (including phenoxy) is 1. The van der Waals surface area contributed by atoms with Crippen LogP contribution >= 0.6 is 23.2 Å². The van der Waals surface area contributed by atoms with Crippen molar-refractivity contribution in [3.05, 3.63) is 80.3 Å². The predicted octanol–water partition coefficient (Wildman–Crippen LogP) is 4.91. The minimum absolute atomic E-state index is 0.0271. The zero-order valence-corrected chi connectivity index (χ0v) is 19.0. The normalized spacial score (nSPS) is 10.9. The lowest BCUT2D eigenvalue weighted by Crippen LogP contribution is -2.21. The van der Waals surface area contributed by atoms with Gasteiger partial charge in [0.2, 0.25) is 0 Å². The van der Waals surface area contributed by atoms with Crippen molar-refractivity contribution in [3.63, 3.8) is 0 Å². The Morgan fingerprint density at radius 2 is 1.92 bits per heavy atom. The van der Waals surface area contributed by atoms with Gasteiger partial charge < -0.3 is 14.8 Å². The molecule has 0 spiro atoms. The summed E-state index contributed by atoms with van der Waals surface area (Å²) in [6, 6.07) is 9.15. The Bertz CT molecular complexity index is 1550. The molecule has 15 heteroatoms. The summed E-state index contributed by atoms with van der Waals surface area (Å²) in [6.45, 7) is -0.0981. The summed E-state index contributed by atoms with van der Waals surface area (Å²) in [5, 5.41) is 16.5. The number of aromatic amines is 1. The molecule has 0 saturated heterocycles. The van der Waals surface area contributed by atoms with Crippen molar-refractivity contribution in [3.8, 4) is 17.6 Å². The first-order valence-corrected chi connectivity index (χ1v) is 10.2. The fourth-order valence-electron chi connectivity index (χ4n) is 2.75. The summed E-state index contributed by atoms with van der Waals surface area (Å²) in [5.41, 5.74) is 0.528. The zero-order valence-electron chi connectivity index (χ0n) is 17.5. The maximum absolute atomic E-state index is 15.1. The number of alkyl halides is 3. The van der Waals surface area contributed by atoms with E-state index in [0.717, 1.165) is 0 Å². The fourth-order valence-corrected chi connectivity index (χ4v) is 3.16. The third-order valence-corrected chi connectivity index (χ3v) is 4.86. The van der Waals surface area contributed by atoms with Crippen LogP contribution in [0.25, 0.3) is 11.2 Å². The molecule has 0 aliphatic rings. The SMILES string of the molecule is N#Cc1cc(Cl)cc(Oc2c(Cl)ccc(Cn3cnc4nc[nH]c4c3=O)c2F)c1.O=C(O)C(F)(F)F. The summed E-state index contributed by atoms with van der Waals surface area (Å²) >= 11 is 12.1. The van der Waals surface area contributed by atoms with Crippen LogP contribution in [0, 0.1) is 17.1 Å². The van der Waals surface area contributed by atoms with Crippen LogP contribution in [0.1, 0.15) is 11.1 Å². The van der Waals surface area contributed by atoms with Crippen molar-refractivity contribution in [2.24, 2.45) is 0 Å². The van der Waals surface area contributed by atoms with Crippen LogP contribution in [0.3, 0.4) is 0 Å². The molecule has 0 fully saturated rings. The van der Waals surface area contributed by atoms with Gasteiger partial charge in [-0.2, -0.15) is 18.4 Å². The quantitative estimate of drug-likeness (QED) is 0.349. The molecule has 0 atom stereocenters. The Balaban J connectivity index is 0.000000454. The minimum atomic E-state index is -5.08. The van der Waals surface area contributed by atoms with Crippen molar-refractivity contribution in [2.75, 3.05) is 0 Å². The molecule has 0 radical (unpaired) electrons. The van der Waals surface area contributed by atoms with Crippen LogP contribution in [0.5, 0.6) is 11.5 Å². The molecular formula is C21H11Cl2F4N5O4. The highest BCUT2D eigenvalue weighted by molar-refractivity contribution is 6.32. The van der Waals surface area contributed by atoms with Crippen LogP contribution in [-0.2, 0) is 11.3 Å². The van der Waals surface area contributed by atoms with Gasteiger partial charge in [0.05, 0.1) is 29.5 Å². The second-order valence-electron chi connectivity index (χ2n) is 6.82. The highest BCUT2D eigenvalue weighted by atomic mass is 35.5. The molecule has 9 nitrogen and oxygen atoms in total. The number of benzene rings is 2. The number of carboxylic acids is 1. The molecule has 2 heterocycles. The number of aromatic nitrogens is 4. The van der Waals surface area contributed by atoms with E-state index in [4.69, 9.17) is 43.1 Å². The topological polar surface area (TPSA) is 134 Å². The van der Waals surface area contributed by atoms with Crippen molar-refractivity contribution >= 4 is 40.3 Å². The molecule has 2 aromatic heterocycles. The first-order valence-electron chi connectivity index (χ1n) is 9.44. The van der Waals surface area contributed by atoms with Gasteiger partial charge in [-0.25, -0.2) is 19.2 Å². The maximum Gasteiger partial charge on any atom is 0.490 e. The van der Waals surface area contributed by atoms with E-state index in [1.807, 2.05) is 6.07 Å². The molecule has 0 bridgehead atoms. The predicted molar refractivity (Wildman–Crippen MR) is 119 cm³/mol. The van der Waals surface area contributed by atoms with Gasteiger partial charge in [0, 0.05) is 10.6 Å². The van der Waals surface area contributed by atoms with Gasteiger partial charge in [0.15, 0.2) is 22.7 Å². The highest BCUT2D eigenvalue weighted by Crippen LogP contribution is 2.35. The lowest BCUT2D eigenvalue weighted by molar-refractivity contribution is -0.192. The van der Waals surface area contributed by atoms with Crippen LogP contribution in [-0.4, -0.2) is 36.8 Å².